The molecule has 0 radical (unpaired) electrons. The first-order chi connectivity index (χ1) is 9.63. The second kappa shape index (κ2) is 7.43. The molecule has 2 unspecified atom stereocenters. The molecule has 112 valence electrons. The van der Waals surface area contributed by atoms with Crippen LogP contribution >= 0.6 is 15.9 Å². The quantitative estimate of drug-likeness (QED) is 0.893. The highest BCUT2D eigenvalue weighted by Gasteiger charge is 2.22. The molecule has 0 saturated carbocycles. The predicted molar refractivity (Wildman–Crippen MR) is 88.4 cm³/mol. The van der Waals surface area contributed by atoms with Crippen LogP contribution in [-0.4, -0.2) is 32.3 Å². The summed E-state index contributed by atoms with van der Waals surface area (Å²) in [5.41, 5.74) is 8.81. The first kappa shape index (κ1) is 15.8. The van der Waals surface area contributed by atoms with Crippen molar-refractivity contribution < 1.29 is 4.74 Å². The number of benzene rings is 1. The molecule has 1 aromatic carbocycles. The SMILES string of the molecule is CCC(N)Cc1cc(Br)ccc1N1CCCC(OC)C1. The number of nitrogens with zero attached hydrogens (tertiary/aromatic N) is 1. The molecule has 2 rings (SSSR count). The fraction of sp³-hybridized carbons (Fsp3) is 0.625. The van der Waals surface area contributed by atoms with Crippen LogP contribution in [0.5, 0.6) is 0 Å². The topological polar surface area (TPSA) is 38.5 Å². The van der Waals surface area contributed by atoms with Crippen LogP contribution in [0, 0.1) is 0 Å². The summed E-state index contributed by atoms with van der Waals surface area (Å²) >= 11 is 3.57. The summed E-state index contributed by atoms with van der Waals surface area (Å²) in [5.74, 6) is 0. The number of nitrogens with two attached hydrogens (primary N) is 1. The van der Waals surface area contributed by atoms with Crippen molar-refractivity contribution in [1.82, 2.24) is 0 Å². The minimum Gasteiger partial charge on any atom is -0.380 e. The van der Waals surface area contributed by atoms with Gasteiger partial charge in [-0.05, 0) is 49.4 Å². The van der Waals surface area contributed by atoms with E-state index in [4.69, 9.17) is 10.5 Å². The molecule has 1 saturated heterocycles. The van der Waals surface area contributed by atoms with E-state index in [2.05, 4.69) is 46.0 Å². The van der Waals surface area contributed by atoms with Gasteiger partial charge in [0.25, 0.3) is 0 Å². The molecule has 0 aliphatic carbocycles. The highest BCUT2D eigenvalue weighted by Crippen LogP contribution is 2.28. The summed E-state index contributed by atoms with van der Waals surface area (Å²) in [6.45, 7) is 4.23. The largest absolute Gasteiger partial charge is 0.380 e. The fourth-order valence-electron chi connectivity index (χ4n) is 2.80. The van der Waals surface area contributed by atoms with Crippen LogP contribution in [-0.2, 0) is 11.2 Å². The molecule has 0 spiro atoms. The van der Waals surface area contributed by atoms with Crippen LogP contribution in [0.2, 0.25) is 0 Å². The highest BCUT2D eigenvalue weighted by molar-refractivity contribution is 9.10. The predicted octanol–water partition coefficient (Wildman–Crippen LogP) is 3.34. The number of rotatable bonds is 5. The molecule has 1 fully saturated rings. The Bertz CT molecular complexity index is 438. The maximum absolute atomic E-state index is 6.15. The zero-order valence-corrected chi connectivity index (χ0v) is 14.0. The van der Waals surface area contributed by atoms with E-state index in [-0.39, 0.29) is 6.04 Å². The van der Waals surface area contributed by atoms with Crippen LogP contribution in [0.15, 0.2) is 22.7 Å². The average Bonchev–Trinajstić information content (AvgIpc) is 2.47. The van der Waals surface area contributed by atoms with Gasteiger partial charge in [0, 0.05) is 36.4 Å². The van der Waals surface area contributed by atoms with Crippen molar-refractivity contribution in [2.24, 2.45) is 5.73 Å². The van der Waals surface area contributed by atoms with E-state index >= 15 is 0 Å². The molecule has 0 amide bonds. The van der Waals surface area contributed by atoms with E-state index in [0.717, 1.165) is 36.8 Å². The number of hydrogen-bond donors (Lipinski definition) is 1. The molecule has 3 nitrogen and oxygen atoms in total. The lowest BCUT2D eigenvalue weighted by Gasteiger charge is -2.35. The third kappa shape index (κ3) is 3.96. The van der Waals surface area contributed by atoms with Crippen molar-refractivity contribution >= 4 is 21.6 Å². The molecular formula is C16H25BrN2O. The smallest absolute Gasteiger partial charge is 0.0746 e. The van der Waals surface area contributed by atoms with Gasteiger partial charge < -0.3 is 15.4 Å². The number of hydrogen-bond acceptors (Lipinski definition) is 3. The lowest BCUT2D eigenvalue weighted by Crippen LogP contribution is -2.40. The Morgan fingerprint density at radius 3 is 3.00 bits per heavy atom. The summed E-state index contributed by atoms with van der Waals surface area (Å²) in [5, 5.41) is 0. The van der Waals surface area contributed by atoms with Crippen LogP contribution < -0.4 is 10.6 Å². The molecule has 0 aromatic heterocycles. The van der Waals surface area contributed by atoms with Gasteiger partial charge in [0.2, 0.25) is 0 Å². The third-order valence-electron chi connectivity index (χ3n) is 4.10. The normalized spacial score (nSPS) is 21.0. The lowest BCUT2D eigenvalue weighted by atomic mass is 10.00. The maximum Gasteiger partial charge on any atom is 0.0746 e. The molecule has 0 bridgehead atoms. The van der Waals surface area contributed by atoms with Gasteiger partial charge >= 0.3 is 0 Å². The van der Waals surface area contributed by atoms with Crippen molar-refractivity contribution in [3.05, 3.63) is 28.2 Å². The number of methoxy groups -OCH3 is 1. The van der Waals surface area contributed by atoms with E-state index < -0.39 is 0 Å². The van der Waals surface area contributed by atoms with Gasteiger partial charge in [0.15, 0.2) is 0 Å². The van der Waals surface area contributed by atoms with Gasteiger partial charge in [-0.1, -0.05) is 22.9 Å². The standard InChI is InChI=1S/C16H25BrN2O/c1-3-14(18)10-12-9-13(17)6-7-16(12)19-8-4-5-15(11-19)20-2/h6-7,9,14-15H,3-5,8,10-11,18H2,1-2H3. The number of piperidine rings is 1. The second-order valence-electron chi connectivity index (χ2n) is 5.59. The van der Waals surface area contributed by atoms with Gasteiger partial charge in [0.1, 0.15) is 0 Å². The maximum atomic E-state index is 6.15. The Balaban J connectivity index is 2.21. The molecule has 2 N–H and O–H groups in total. The summed E-state index contributed by atoms with van der Waals surface area (Å²) in [4.78, 5) is 2.45. The Labute approximate surface area is 130 Å². The summed E-state index contributed by atoms with van der Waals surface area (Å²) in [6, 6.07) is 6.76. The molecule has 1 heterocycles. The first-order valence-electron chi connectivity index (χ1n) is 7.45. The Morgan fingerprint density at radius 1 is 1.50 bits per heavy atom. The molecule has 1 aliphatic heterocycles. The van der Waals surface area contributed by atoms with Gasteiger partial charge in [-0.25, -0.2) is 0 Å². The Morgan fingerprint density at radius 2 is 2.30 bits per heavy atom. The average molecular weight is 341 g/mol. The molecule has 20 heavy (non-hydrogen) atoms. The third-order valence-corrected chi connectivity index (χ3v) is 4.59. The second-order valence-corrected chi connectivity index (χ2v) is 6.51. The van der Waals surface area contributed by atoms with E-state index in [9.17, 15) is 0 Å². The van der Waals surface area contributed by atoms with Crippen LogP contribution in [0.1, 0.15) is 31.7 Å². The van der Waals surface area contributed by atoms with Crippen molar-refractivity contribution in [1.29, 1.82) is 0 Å². The van der Waals surface area contributed by atoms with Crippen LogP contribution in [0.3, 0.4) is 0 Å². The van der Waals surface area contributed by atoms with Crippen molar-refractivity contribution in [2.45, 2.75) is 44.8 Å². The molecule has 1 aliphatic rings. The Kier molecular flexibility index (Phi) is 5.87. The van der Waals surface area contributed by atoms with E-state index in [0.29, 0.717) is 6.10 Å². The molecule has 1 aromatic rings. The number of ether oxygens (including phenoxy) is 1. The van der Waals surface area contributed by atoms with Crippen molar-refractivity contribution in [3.63, 3.8) is 0 Å². The zero-order valence-electron chi connectivity index (χ0n) is 12.4. The highest BCUT2D eigenvalue weighted by atomic mass is 79.9. The van der Waals surface area contributed by atoms with Crippen LogP contribution in [0.4, 0.5) is 5.69 Å². The molecule has 2 atom stereocenters. The van der Waals surface area contributed by atoms with Gasteiger partial charge in [-0.3, -0.25) is 0 Å². The Hall–Kier alpha value is -0.580. The van der Waals surface area contributed by atoms with E-state index in [1.54, 1.807) is 0 Å². The molecular weight excluding hydrogens is 316 g/mol. The van der Waals surface area contributed by atoms with Crippen molar-refractivity contribution in [3.8, 4) is 0 Å². The van der Waals surface area contributed by atoms with Gasteiger partial charge in [-0.15, -0.1) is 0 Å². The first-order valence-corrected chi connectivity index (χ1v) is 8.25. The van der Waals surface area contributed by atoms with Gasteiger partial charge in [-0.2, -0.15) is 0 Å². The monoisotopic (exact) mass is 340 g/mol. The van der Waals surface area contributed by atoms with Crippen molar-refractivity contribution in [2.75, 3.05) is 25.1 Å². The summed E-state index contributed by atoms with van der Waals surface area (Å²) in [7, 11) is 1.81. The van der Waals surface area contributed by atoms with E-state index in [1.165, 1.54) is 17.7 Å². The number of anilines is 1. The van der Waals surface area contributed by atoms with Crippen LogP contribution in [0.25, 0.3) is 0 Å². The summed E-state index contributed by atoms with van der Waals surface area (Å²) < 4.78 is 6.66. The van der Waals surface area contributed by atoms with Gasteiger partial charge in [0.05, 0.1) is 6.10 Å². The summed E-state index contributed by atoms with van der Waals surface area (Å²) in [6.07, 6.45) is 4.63. The minimum atomic E-state index is 0.228. The number of halogens is 1. The zero-order chi connectivity index (χ0) is 14.5. The van der Waals surface area contributed by atoms with E-state index in [1.807, 2.05) is 7.11 Å². The fourth-order valence-corrected chi connectivity index (χ4v) is 3.21. The lowest BCUT2D eigenvalue weighted by molar-refractivity contribution is 0.0893. The molecule has 4 heteroatoms. The minimum absolute atomic E-state index is 0.228.